The molecule has 1 unspecified atom stereocenters. The van der Waals surface area contributed by atoms with Crippen LogP contribution in [-0.4, -0.2) is 25.6 Å². The number of rotatable bonds is 6. The summed E-state index contributed by atoms with van der Waals surface area (Å²) in [7, 11) is 0. The number of para-hydroxylation sites is 1. The van der Waals surface area contributed by atoms with E-state index in [4.69, 9.17) is 0 Å². The van der Waals surface area contributed by atoms with Crippen molar-refractivity contribution in [1.82, 2.24) is 14.3 Å². The summed E-state index contributed by atoms with van der Waals surface area (Å²) in [5.74, 6) is -0.407. The van der Waals surface area contributed by atoms with Gasteiger partial charge in [-0.15, -0.1) is 6.58 Å². The topological polar surface area (TPSA) is 43.0 Å². The Morgan fingerprint density at radius 1 is 0.971 bits per heavy atom. The predicted octanol–water partition coefficient (Wildman–Crippen LogP) is 6.49. The molecule has 0 saturated carbocycles. The maximum absolute atomic E-state index is 14.6. The van der Waals surface area contributed by atoms with Gasteiger partial charge in [0.1, 0.15) is 5.82 Å². The number of hydrogen-bond donors (Lipinski definition) is 1. The van der Waals surface area contributed by atoms with Gasteiger partial charge in [0.15, 0.2) is 0 Å². The third-order valence-corrected chi connectivity index (χ3v) is 6.22. The summed E-state index contributed by atoms with van der Waals surface area (Å²) < 4.78 is 60.4. The summed E-state index contributed by atoms with van der Waals surface area (Å²) in [6, 6.07) is 16.4. The van der Waals surface area contributed by atoms with Crippen LogP contribution in [0.5, 0.6) is 0 Å². The van der Waals surface area contributed by atoms with Gasteiger partial charge >= 0.3 is 6.18 Å². The van der Waals surface area contributed by atoms with Gasteiger partial charge in [0.2, 0.25) is 5.60 Å². The Hall–Kier alpha value is -3.91. The lowest BCUT2D eigenvalue weighted by Crippen LogP contribution is -2.43. The lowest BCUT2D eigenvalue weighted by Gasteiger charge is -2.31. The van der Waals surface area contributed by atoms with Gasteiger partial charge in [-0.25, -0.2) is 9.07 Å². The zero-order valence-electron chi connectivity index (χ0n) is 18.5. The molecule has 0 saturated heterocycles. The SMILES string of the molecule is C=CCCn1cc(C(O)(c2ccc3c(cnn3-c3ccc(F)cc3)c2)C(F)(F)F)c2ccccc21. The largest absolute Gasteiger partial charge is 0.425 e. The first-order valence-electron chi connectivity index (χ1n) is 11.0. The molecular weight excluding hydrogens is 458 g/mol. The van der Waals surface area contributed by atoms with E-state index in [0.29, 0.717) is 40.5 Å². The second kappa shape index (κ2) is 8.39. The monoisotopic (exact) mass is 479 g/mol. The minimum Gasteiger partial charge on any atom is -0.372 e. The molecule has 0 amide bonds. The molecule has 0 radical (unpaired) electrons. The lowest BCUT2D eigenvalue weighted by molar-refractivity contribution is -0.247. The van der Waals surface area contributed by atoms with Crippen molar-refractivity contribution in [2.24, 2.45) is 0 Å². The Labute approximate surface area is 198 Å². The van der Waals surface area contributed by atoms with Gasteiger partial charge in [-0.3, -0.25) is 0 Å². The Morgan fingerprint density at radius 3 is 2.43 bits per heavy atom. The molecule has 5 aromatic rings. The van der Waals surface area contributed by atoms with Crippen LogP contribution in [0.4, 0.5) is 17.6 Å². The van der Waals surface area contributed by atoms with E-state index in [2.05, 4.69) is 11.7 Å². The first-order chi connectivity index (χ1) is 16.7. The third-order valence-electron chi connectivity index (χ3n) is 6.22. The van der Waals surface area contributed by atoms with E-state index >= 15 is 0 Å². The molecule has 2 aromatic heterocycles. The highest BCUT2D eigenvalue weighted by atomic mass is 19.4. The van der Waals surface area contributed by atoms with Crippen LogP contribution >= 0.6 is 0 Å². The normalized spacial score (nSPS) is 13.9. The van der Waals surface area contributed by atoms with Crippen molar-refractivity contribution in [3.05, 3.63) is 109 Å². The predicted molar refractivity (Wildman–Crippen MR) is 127 cm³/mol. The van der Waals surface area contributed by atoms with E-state index in [0.717, 1.165) is 0 Å². The van der Waals surface area contributed by atoms with E-state index in [9.17, 15) is 22.7 Å². The molecule has 0 spiro atoms. The van der Waals surface area contributed by atoms with Crippen LogP contribution in [0.2, 0.25) is 0 Å². The number of aliphatic hydroxyl groups is 1. The van der Waals surface area contributed by atoms with Gasteiger partial charge in [0, 0.05) is 34.6 Å². The number of aromatic nitrogens is 3. The van der Waals surface area contributed by atoms with Gasteiger partial charge in [-0.05, 0) is 54.4 Å². The Kier molecular flexibility index (Phi) is 5.48. The van der Waals surface area contributed by atoms with Crippen LogP contribution in [0.1, 0.15) is 17.5 Å². The first-order valence-corrected chi connectivity index (χ1v) is 11.0. The Bertz CT molecular complexity index is 1530. The fourth-order valence-electron chi connectivity index (χ4n) is 4.47. The molecule has 178 valence electrons. The summed E-state index contributed by atoms with van der Waals surface area (Å²) >= 11 is 0. The second-order valence-electron chi connectivity index (χ2n) is 8.35. The Balaban J connectivity index is 1.69. The van der Waals surface area contributed by atoms with Crippen LogP contribution in [0.3, 0.4) is 0 Å². The minimum absolute atomic E-state index is 0.241. The number of aryl methyl sites for hydroxylation is 1. The summed E-state index contributed by atoms with van der Waals surface area (Å²) in [6.07, 6.45) is 0.0509. The van der Waals surface area contributed by atoms with Crippen molar-refractivity contribution in [1.29, 1.82) is 0 Å². The zero-order valence-corrected chi connectivity index (χ0v) is 18.5. The first kappa shape index (κ1) is 22.9. The highest BCUT2D eigenvalue weighted by molar-refractivity contribution is 5.87. The quantitative estimate of drug-likeness (QED) is 0.223. The zero-order chi connectivity index (χ0) is 24.8. The molecule has 8 heteroatoms. The second-order valence-corrected chi connectivity index (χ2v) is 8.35. The highest BCUT2D eigenvalue weighted by Crippen LogP contribution is 2.47. The van der Waals surface area contributed by atoms with Crippen molar-refractivity contribution in [3.8, 4) is 5.69 Å². The highest BCUT2D eigenvalue weighted by Gasteiger charge is 2.57. The van der Waals surface area contributed by atoms with Gasteiger partial charge < -0.3 is 9.67 Å². The molecule has 0 aliphatic rings. The minimum atomic E-state index is -5.00. The van der Waals surface area contributed by atoms with Gasteiger partial charge in [-0.2, -0.15) is 18.3 Å². The average Bonchev–Trinajstić information content (AvgIpc) is 3.43. The number of hydrogen-bond acceptors (Lipinski definition) is 2. The average molecular weight is 479 g/mol. The molecule has 4 nitrogen and oxygen atoms in total. The summed E-state index contributed by atoms with van der Waals surface area (Å²) in [5.41, 5.74) is -2.13. The molecule has 0 bridgehead atoms. The lowest BCUT2D eigenvalue weighted by atomic mass is 9.85. The van der Waals surface area contributed by atoms with Crippen molar-refractivity contribution in [2.75, 3.05) is 0 Å². The smallest absolute Gasteiger partial charge is 0.372 e. The number of fused-ring (bicyclic) bond motifs is 2. The van der Waals surface area contributed by atoms with Crippen LogP contribution in [0.25, 0.3) is 27.5 Å². The van der Waals surface area contributed by atoms with E-state index in [-0.39, 0.29) is 11.1 Å². The Morgan fingerprint density at radius 2 is 1.71 bits per heavy atom. The van der Waals surface area contributed by atoms with E-state index < -0.39 is 17.6 Å². The van der Waals surface area contributed by atoms with Crippen LogP contribution < -0.4 is 0 Å². The fraction of sp³-hybridized carbons (Fsp3) is 0.148. The van der Waals surface area contributed by atoms with Gasteiger partial charge in [-0.1, -0.05) is 30.3 Å². The van der Waals surface area contributed by atoms with Crippen molar-refractivity contribution < 1.29 is 22.7 Å². The molecular formula is C27H21F4N3O. The molecule has 0 aliphatic heterocycles. The van der Waals surface area contributed by atoms with E-state index in [1.165, 1.54) is 59.5 Å². The standard InChI is InChI=1S/C27H21F4N3O/c1-2-3-14-33-17-23(22-6-4-5-7-25(22)33)26(35,27(29,30)31)19-8-13-24-18(15-19)16-32-34(24)21-11-9-20(28)10-12-21/h2,4-13,15-17,35H,1,3,14H2. The van der Waals surface area contributed by atoms with E-state index in [1.54, 1.807) is 34.9 Å². The molecule has 2 heterocycles. The van der Waals surface area contributed by atoms with Crippen LogP contribution in [0, 0.1) is 5.82 Å². The number of benzene rings is 3. The van der Waals surface area contributed by atoms with E-state index in [1.807, 2.05) is 0 Å². The number of nitrogens with zero attached hydrogens (tertiary/aromatic N) is 3. The van der Waals surface area contributed by atoms with Crippen molar-refractivity contribution >= 4 is 21.8 Å². The molecule has 0 aliphatic carbocycles. The molecule has 3 aromatic carbocycles. The van der Waals surface area contributed by atoms with Gasteiger partial charge in [0.05, 0.1) is 17.4 Å². The maximum Gasteiger partial charge on any atom is 0.425 e. The number of alkyl halides is 3. The summed E-state index contributed by atoms with van der Waals surface area (Å²) in [4.78, 5) is 0. The summed E-state index contributed by atoms with van der Waals surface area (Å²) in [5, 5.41) is 16.4. The maximum atomic E-state index is 14.6. The van der Waals surface area contributed by atoms with Crippen LogP contribution in [0.15, 0.2) is 91.8 Å². The molecule has 5 rings (SSSR count). The van der Waals surface area contributed by atoms with Crippen molar-refractivity contribution in [3.63, 3.8) is 0 Å². The van der Waals surface area contributed by atoms with Crippen molar-refractivity contribution in [2.45, 2.75) is 24.7 Å². The van der Waals surface area contributed by atoms with Crippen LogP contribution in [-0.2, 0) is 12.1 Å². The molecule has 1 atom stereocenters. The van der Waals surface area contributed by atoms with Gasteiger partial charge in [0.25, 0.3) is 0 Å². The summed E-state index contributed by atoms with van der Waals surface area (Å²) in [6.45, 7) is 4.12. The number of allylic oxidation sites excluding steroid dienone is 1. The molecule has 0 fully saturated rings. The third kappa shape index (κ3) is 3.70. The molecule has 1 N–H and O–H groups in total. The number of halogens is 4. The molecule has 35 heavy (non-hydrogen) atoms. The fourth-order valence-corrected chi connectivity index (χ4v) is 4.47.